The zero-order chi connectivity index (χ0) is 13.4. The van der Waals surface area contributed by atoms with E-state index in [1.54, 1.807) is 7.11 Å². The van der Waals surface area contributed by atoms with Crippen LogP contribution in [0.15, 0.2) is 0 Å². The van der Waals surface area contributed by atoms with Crippen molar-refractivity contribution in [1.29, 1.82) is 0 Å². The Bertz CT molecular complexity index is 210. The molecule has 0 aromatic heterocycles. The Balaban J connectivity index is 2.52. The van der Waals surface area contributed by atoms with Gasteiger partial charge in [0.15, 0.2) is 0 Å². The van der Waals surface area contributed by atoms with Gasteiger partial charge in [-0.3, -0.25) is 4.90 Å². The maximum Gasteiger partial charge on any atom is 0.0589 e. The molecule has 18 heavy (non-hydrogen) atoms. The van der Waals surface area contributed by atoms with Crippen molar-refractivity contribution in [2.45, 2.75) is 45.2 Å². The van der Waals surface area contributed by atoms with Gasteiger partial charge in [-0.05, 0) is 19.3 Å². The predicted octanol–water partition coefficient (Wildman–Crippen LogP) is 1.49. The fourth-order valence-corrected chi connectivity index (χ4v) is 2.74. The molecule has 0 spiro atoms. The molecular weight excluding hydrogens is 228 g/mol. The molecular formula is C14H30N2O2. The second kappa shape index (κ2) is 8.86. The highest BCUT2D eigenvalue weighted by Gasteiger charge is 2.26. The van der Waals surface area contributed by atoms with Crippen LogP contribution < -0.4 is 5.73 Å². The summed E-state index contributed by atoms with van der Waals surface area (Å²) in [5.74, 6) is 0.469. The molecule has 0 radical (unpaired) electrons. The van der Waals surface area contributed by atoms with E-state index in [4.69, 9.17) is 15.2 Å². The van der Waals surface area contributed by atoms with Gasteiger partial charge in [-0.15, -0.1) is 0 Å². The van der Waals surface area contributed by atoms with Crippen molar-refractivity contribution in [2.24, 2.45) is 11.7 Å². The van der Waals surface area contributed by atoms with Gasteiger partial charge in [0, 0.05) is 44.8 Å². The van der Waals surface area contributed by atoms with E-state index < -0.39 is 0 Å². The van der Waals surface area contributed by atoms with Crippen molar-refractivity contribution in [2.75, 3.05) is 40.0 Å². The molecule has 1 heterocycles. The molecule has 1 aliphatic heterocycles. The van der Waals surface area contributed by atoms with E-state index in [1.165, 1.54) is 12.8 Å². The van der Waals surface area contributed by atoms with E-state index in [2.05, 4.69) is 18.7 Å². The van der Waals surface area contributed by atoms with E-state index in [-0.39, 0.29) is 6.04 Å². The Morgan fingerprint density at radius 2 is 2.11 bits per heavy atom. The summed E-state index contributed by atoms with van der Waals surface area (Å²) in [7, 11) is 1.76. The van der Waals surface area contributed by atoms with Crippen molar-refractivity contribution in [3.63, 3.8) is 0 Å². The van der Waals surface area contributed by atoms with Crippen LogP contribution in [0.5, 0.6) is 0 Å². The number of nitrogens with zero attached hydrogens (tertiary/aromatic N) is 1. The van der Waals surface area contributed by atoms with Crippen LogP contribution in [-0.4, -0.2) is 57.0 Å². The van der Waals surface area contributed by atoms with Gasteiger partial charge in [-0.25, -0.2) is 0 Å². The Morgan fingerprint density at radius 3 is 2.67 bits per heavy atom. The van der Waals surface area contributed by atoms with Gasteiger partial charge in [0.2, 0.25) is 0 Å². The maximum atomic E-state index is 6.20. The van der Waals surface area contributed by atoms with Crippen molar-refractivity contribution >= 4 is 0 Å². The van der Waals surface area contributed by atoms with Crippen LogP contribution in [0.1, 0.15) is 33.1 Å². The zero-order valence-corrected chi connectivity index (χ0v) is 12.2. The van der Waals surface area contributed by atoms with Crippen LogP contribution in [0.25, 0.3) is 0 Å². The molecule has 1 saturated heterocycles. The minimum absolute atomic E-state index is 0.290. The fraction of sp³-hybridized carbons (Fsp3) is 1.00. The normalized spacial score (nSPS) is 25.0. The monoisotopic (exact) mass is 258 g/mol. The van der Waals surface area contributed by atoms with Gasteiger partial charge in [-0.2, -0.15) is 0 Å². The molecule has 0 aromatic carbocycles. The Kier molecular flexibility index (Phi) is 7.82. The van der Waals surface area contributed by atoms with Gasteiger partial charge >= 0.3 is 0 Å². The van der Waals surface area contributed by atoms with E-state index in [1.807, 2.05) is 0 Å². The second-order valence-electron chi connectivity index (χ2n) is 5.25. The van der Waals surface area contributed by atoms with E-state index in [0.29, 0.717) is 12.0 Å². The first kappa shape index (κ1) is 15.9. The molecule has 108 valence electrons. The lowest BCUT2D eigenvalue weighted by atomic mass is 9.95. The summed E-state index contributed by atoms with van der Waals surface area (Å²) >= 11 is 0. The van der Waals surface area contributed by atoms with E-state index in [0.717, 1.165) is 39.3 Å². The smallest absolute Gasteiger partial charge is 0.0589 e. The number of ether oxygens (including phenoxy) is 2. The highest BCUT2D eigenvalue weighted by atomic mass is 16.5. The molecule has 0 bridgehead atoms. The SMILES string of the molecule is CCC(CC)N(CCOC)CC1COCCC1N. The minimum Gasteiger partial charge on any atom is -0.383 e. The fourth-order valence-electron chi connectivity index (χ4n) is 2.74. The highest BCUT2D eigenvalue weighted by molar-refractivity contribution is 4.81. The summed E-state index contributed by atoms with van der Waals surface area (Å²) in [5.41, 5.74) is 6.20. The Morgan fingerprint density at radius 1 is 1.39 bits per heavy atom. The topological polar surface area (TPSA) is 47.7 Å². The average molecular weight is 258 g/mol. The molecule has 0 amide bonds. The first-order valence-corrected chi connectivity index (χ1v) is 7.29. The average Bonchev–Trinajstić information content (AvgIpc) is 2.39. The molecule has 1 aliphatic rings. The highest BCUT2D eigenvalue weighted by Crippen LogP contribution is 2.17. The summed E-state index contributed by atoms with van der Waals surface area (Å²) in [6.07, 6.45) is 3.36. The van der Waals surface area contributed by atoms with Crippen LogP contribution in [0.3, 0.4) is 0 Å². The number of rotatable bonds is 8. The Hall–Kier alpha value is -0.160. The molecule has 2 N–H and O–H groups in total. The van der Waals surface area contributed by atoms with Gasteiger partial charge in [0.05, 0.1) is 13.2 Å². The molecule has 1 fully saturated rings. The third-order valence-electron chi connectivity index (χ3n) is 4.04. The summed E-state index contributed by atoms with van der Waals surface area (Å²) in [6, 6.07) is 0.924. The molecule has 2 atom stereocenters. The van der Waals surface area contributed by atoms with Gasteiger partial charge < -0.3 is 15.2 Å². The van der Waals surface area contributed by atoms with Crippen LogP contribution in [0.4, 0.5) is 0 Å². The standard InChI is InChI=1S/C14H30N2O2/c1-4-13(5-2)16(7-9-17-3)10-12-11-18-8-6-14(12)15/h12-14H,4-11,15H2,1-3H3. The third-order valence-corrected chi connectivity index (χ3v) is 4.04. The van der Waals surface area contributed by atoms with Crippen molar-refractivity contribution in [3.05, 3.63) is 0 Å². The maximum absolute atomic E-state index is 6.20. The van der Waals surface area contributed by atoms with Gasteiger partial charge in [0.25, 0.3) is 0 Å². The molecule has 0 aliphatic carbocycles. The lowest BCUT2D eigenvalue weighted by Crippen LogP contribution is -2.48. The summed E-state index contributed by atoms with van der Waals surface area (Å²) in [4.78, 5) is 2.53. The lowest BCUT2D eigenvalue weighted by molar-refractivity contribution is 0.0128. The largest absolute Gasteiger partial charge is 0.383 e. The van der Waals surface area contributed by atoms with Gasteiger partial charge in [0.1, 0.15) is 0 Å². The molecule has 0 aromatic rings. The molecule has 0 saturated carbocycles. The summed E-state index contributed by atoms with van der Waals surface area (Å²) in [5, 5.41) is 0. The number of methoxy groups -OCH3 is 1. The number of hydrogen-bond acceptors (Lipinski definition) is 4. The van der Waals surface area contributed by atoms with E-state index in [9.17, 15) is 0 Å². The van der Waals surface area contributed by atoms with Crippen LogP contribution in [-0.2, 0) is 9.47 Å². The molecule has 4 heteroatoms. The third kappa shape index (κ3) is 4.84. The summed E-state index contributed by atoms with van der Waals surface area (Å²) < 4.78 is 10.8. The van der Waals surface area contributed by atoms with Crippen LogP contribution in [0.2, 0.25) is 0 Å². The number of nitrogens with two attached hydrogens (primary N) is 1. The minimum atomic E-state index is 0.290. The van der Waals surface area contributed by atoms with Gasteiger partial charge in [-0.1, -0.05) is 13.8 Å². The zero-order valence-electron chi connectivity index (χ0n) is 12.2. The summed E-state index contributed by atoms with van der Waals surface area (Å²) in [6.45, 7) is 8.96. The molecule has 1 rings (SSSR count). The second-order valence-corrected chi connectivity index (χ2v) is 5.25. The van der Waals surface area contributed by atoms with Crippen LogP contribution >= 0.6 is 0 Å². The van der Waals surface area contributed by atoms with Crippen molar-refractivity contribution in [1.82, 2.24) is 4.90 Å². The quantitative estimate of drug-likeness (QED) is 0.716. The molecule has 4 nitrogen and oxygen atoms in total. The predicted molar refractivity (Wildman–Crippen MR) is 74.7 cm³/mol. The van der Waals surface area contributed by atoms with E-state index >= 15 is 0 Å². The first-order chi connectivity index (χ1) is 8.72. The first-order valence-electron chi connectivity index (χ1n) is 7.29. The Labute approximate surface area is 112 Å². The molecule has 2 unspecified atom stereocenters. The number of hydrogen-bond donors (Lipinski definition) is 1. The van der Waals surface area contributed by atoms with Crippen molar-refractivity contribution < 1.29 is 9.47 Å². The van der Waals surface area contributed by atoms with Crippen LogP contribution in [0, 0.1) is 5.92 Å². The van der Waals surface area contributed by atoms with Crippen molar-refractivity contribution in [3.8, 4) is 0 Å². The lowest BCUT2D eigenvalue weighted by Gasteiger charge is -2.37.